The van der Waals surface area contributed by atoms with Crippen LogP contribution < -0.4 is 14.9 Å². The van der Waals surface area contributed by atoms with Crippen LogP contribution in [0, 0.1) is 10.1 Å². The molecule has 0 aliphatic carbocycles. The number of hydrogen-bond donors (Lipinski definition) is 2. The van der Waals surface area contributed by atoms with Crippen LogP contribution in [0.1, 0.15) is 23.0 Å². The average molecular weight is 409 g/mol. The van der Waals surface area contributed by atoms with Gasteiger partial charge in [-0.3, -0.25) is 20.0 Å². The number of methoxy groups -OCH3 is 1. The van der Waals surface area contributed by atoms with E-state index in [9.17, 15) is 14.9 Å². The van der Waals surface area contributed by atoms with Gasteiger partial charge in [0.05, 0.1) is 30.5 Å². The molecule has 0 spiro atoms. The summed E-state index contributed by atoms with van der Waals surface area (Å²) in [6.07, 6.45) is 1.32. The summed E-state index contributed by atoms with van der Waals surface area (Å²) in [5.74, 6) is 0.672. The van der Waals surface area contributed by atoms with E-state index in [0.29, 0.717) is 29.4 Å². The summed E-state index contributed by atoms with van der Waals surface area (Å²) in [4.78, 5) is 22.6. The summed E-state index contributed by atoms with van der Waals surface area (Å²) in [7, 11) is 1.55. The molecular formula is C20H19N5O5. The molecule has 3 aromatic rings. The van der Waals surface area contributed by atoms with Gasteiger partial charge in [-0.1, -0.05) is 12.1 Å². The van der Waals surface area contributed by atoms with E-state index >= 15 is 0 Å². The highest BCUT2D eigenvalue weighted by Crippen LogP contribution is 2.32. The molecule has 154 valence electrons. The summed E-state index contributed by atoms with van der Waals surface area (Å²) in [5, 5.41) is 21.4. The van der Waals surface area contributed by atoms with E-state index in [4.69, 9.17) is 9.47 Å². The number of carbonyl (C=O) groups is 1. The number of benzene rings is 2. The summed E-state index contributed by atoms with van der Waals surface area (Å²) in [5.41, 5.74) is 4.27. The van der Waals surface area contributed by atoms with Gasteiger partial charge in [-0.2, -0.15) is 10.2 Å². The fraction of sp³-hybridized carbons (Fsp3) is 0.150. The second-order valence-corrected chi connectivity index (χ2v) is 6.02. The Kier molecular flexibility index (Phi) is 6.38. The largest absolute Gasteiger partial charge is 0.493 e. The third-order valence-electron chi connectivity index (χ3n) is 4.04. The molecule has 1 amide bonds. The van der Waals surface area contributed by atoms with Gasteiger partial charge in [0.2, 0.25) is 0 Å². The van der Waals surface area contributed by atoms with Crippen LogP contribution in [0.4, 0.5) is 5.69 Å². The molecule has 0 atom stereocenters. The van der Waals surface area contributed by atoms with Crippen molar-refractivity contribution in [2.45, 2.75) is 6.92 Å². The maximum Gasteiger partial charge on any atom is 0.289 e. The fourth-order valence-corrected chi connectivity index (χ4v) is 2.63. The van der Waals surface area contributed by atoms with Crippen molar-refractivity contribution in [3.8, 4) is 22.8 Å². The predicted octanol–water partition coefficient (Wildman–Crippen LogP) is 3.16. The number of nitro benzene ring substituents is 1. The second-order valence-electron chi connectivity index (χ2n) is 6.02. The summed E-state index contributed by atoms with van der Waals surface area (Å²) in [6, 6.07) is 12.8. The number of H-pyrrole nitrogens is 1. The van der Waals surface area contributed by atoms with E-state index in [-0.39, 0.29) is 11.4 Å². The second kappa shape index (κ2) is 9.32. The van der Waals surface area contributed by atoms with Crippen LogP contribution in [-0.2, 0) is 0 Å². The Morgan fingerprint density at radius 3 is 2.83 bits per heavy atom. The Labute approximate surface area is 171 Å². The minimum absolute atomic E-state index is 0.0609. The molecule has 30 heavy (non-hydrogen) atoms. The van der Waals surface area contributed by atoms with E-state index in [1.807, 2.05) is 13.0 Å². The molecule has 0 fully saturated rings. The molecular weight excluding hydrogens is 390 g/mol. The van der Waals surface area contributed by atoms with E-state index < -0.39 is 10.8 Å². The lowest BCUT2D eigenvalue weighted by Crippen LogP contribution is -2.18. The van der Waals surface area contributed by atoms with Crippen molar-refractivity contribution in [2.24, 2.45) is 5.10 Å². The van der Waals surface area contributed by atoms with Crippen LogP contribution in [0.25, 0.3) is 11.3 Å². The minimum atomic E-state index is -0.506. The van der Waals surface area contributed by atoms with Crippen LogP contribution >= 0.6 is 0 Å². The maximum atomic E-state index is 12.3. The summed E-state index contributed by atoms with van der Waals surface area (Å²) >= 11 is 0. The van der Waals surface area contributed by atoms with Gasteiger partial charge >= 0.3 is 0 Å². The number of rotatable bonds is 8. The van der Waals surface area contributed by atoms with Crippen molar-refractivity contribution < 1.29 is 19.2 Å². The molecule has 3 rings (SSSR count). The van der Waals surface area contributed by atoms with E-state index in [2.05, 4.69) is 20.7 Å². The van der Waals surface area contributed by atoms with E-state index in [0.717, 1.165) is 5.56 Å². The smallest absolute Gasteiger partial charge is 0.289 e. The predicted molar refractivity (Wildman–Crippen MR) is 110 cm³/mol. The topological polar surface area (TPSA) is 132 Å². The van der Waals surface area contributed by atoms with Gasteiger partial charge in [-0.15, -0.1) is 0 Å². The lowest BCUT2D eigenvalue weighted by molar-refractivity contribution is -0.384. The lowest BCUT2D eigenvalue weighted by Gasteiger charge is -2.09. The van der Waals surface area contributed by atoms with Gasteiger partial charge in [0, 0.05) is 23.3 Å². The molecule has 0 unspecified atom stereocenters. The molecule has 2 N–H and O–H groups in total. The van der Waals surface area contributed by atoms with Crippen molar-refractivity contribution >= 4 is 17.8 Å². The monoisotopic (exact) mass is 409 g/mol. The number of aromatic nitrogens is 2. The molecule has 10 nitrogen and oxygen atoms in total. The number of nitro groups is 1. The van der Waals surface area contributed by atoms with E-state index in [1.165, 1.54) is 24.4 Å². The zero-order chi connectivity index (χ0) is 21.5. The Morgan fingerprint density at radius 1 is 1.27 bits per heavy atom. The number of amides is 1. The van der Waals surface area contributed by atoms with Gasteiger partial charge in [-0.25, -0.2) is 5.43 Å². The number of carbonyl (C=O) groups excluding carboxylic acids is 1. The van der Waals surface area contributed by atoms with Crippen LogP contribution in [0.3, 0.4) is 0 Å². The van der Waals surface area contributed by atoms with Gasteiger partial charge in [0.1, 0.15) is 5.69 Å². The van der Waals surface area contributed by atoms with Gasteiger partial charge in [0.15, 0.2) is 11.5 Å². The van der Waals surface area contributed by atoms with Gasteiger partial charge in [-0.05, 0) is 31.2 Å². The molecule has 10 heteroatoms. The average Bonchev–Trinajstić information content (AvgIpc) is 3.25. The Morgan fingerprint density at radius 2 is 2.10 bits per heavy atom. The number of ether oxygens (including phenoxy) is 2. The SMILES string of the molecule is CCOc1ccc(-c2cc(C(=O)N/N=C\c3cccc([N+](=O)[O-])c3)[nH]n2)cc1OC. The van der Waals surface area contributed by atoms with Crippen molar-refractivity contribution in [1.82, 2.24) is 15.6 Å². The number of hydrogen-bond acceptors (Lipinski definition) is 7. The Bertz CT molecular complexity index is 1090. The molecule has 0 bridgehead atoms. The normalized spacial score (nSPS) is 10.7. The molecule has 2 aromatic carbocycles. The Balaban J connectivity index is 1.69. The molecule has 1 aromatic heterocycles. The zero-order valence-corrected chi connectivity index (χ0v) is 16.3. The minimum Gasteiger partial charge on any atom is -0.493 e. The third-order valence-corrected chi connectivity index (χ3v) is 4.04. The van der Waals surface area contributed by atoms with Crippen LogP contribution in [0.2, 0.25) is 0 Å². The number of aromatic amines is 1. The first-order valence-electron chi connectivity index (χ1n) is 8.96. The quantitative estimate of drug-likeness (QED) is 0.334. The molecule has 0 radical (unpaired) electrons. The first-order chi connectivity index (χ1) is 14.5. The molecule has 0 saturated carbocycles. The fourth-order valence-electron chi connectivity index (χ4n) is 2.63. The molecule has 0 aliphatic rings. The molecule has 0 saturated heterocycles. The highest BCUT2D eigenvalue weighted by molar-refractivity contribution is 5.94. The van der Waals surface area contributed by atoms with E-state index in [1.54, 1.807) is 31.4 Å². The molecule has 1 heterocycles. The van der Waals surface area contributed by atoms with Crippen LogP contribution in [-0.4, -0.2) is 41.0 Å². The maximum absolute atomic E-state index is 12.3. The number of nitrogens with one attached hydrogen (secondary N) is 2. The van der Waals surface area contributed by atoms with Crippen molar-refractivity contribution in [3.63, 3.8) is 0 Å². The van der Waals surface area contributed by atoms with Crippen molar-refractivity contribution in [3.05, 3.63) is 69.9 Å². The number of hydrazone groups is 1. The molecule has 0 aliphatic heterocycles. The van der Waals surface area contributed by atoms with Gasteiger partial charge < -0.3 is 9.47 Å². The van der Waals surface area contributed by atoms with Crippen LogP contribution in [0.5, 0.6) is 11.5 Å². The first-order valence-corrected chi connectivity index (χ1v) is 8.96. The first kappa shape index (κ1) is 20.5. The van der Waals surface area contributed by atoms with Crippen LogP contribution in [0.15, 0.2) is 53.6 Å². The summed E-state index contributed by atoms with van der Waals surface area (Å²) < 4.78 is 10.8. The lowest BCUT2D eigenvalue weighted by atomic mass is 10.1. The van der Waals surface area contributed by atoms with Gasteiger partial charge in [0.25, 0.3) is 11.6 Å². The Hall–Kier alpha value is -4.21. The highest BCUT2D eigenvalue weighted by atomic mass is 16.6. The van der Waals surface area contributed by atoms with Crippen molar-refractivity contribution in [2.75, 3.05) is 13.7 Å². The number of non-ortho nitro benzene ring substituents is 1. The highest BCUT2D eigenvalue weighted by Gasteiger charge is 2.13. The summed E-state index contributed by atoms with van der Waals surface area (Å²) in [6.45, 7) is 2.40. The van der Waals surface area contributed by atoms with Crippen molar-refractivity contribution in [1.29, 1.82) is 0 Å². The standard InChI is InChI=1S/C20H19N5O5/c1-3-30-18-8-7-14(10-19(18)29-2)16-11-17(23-22-16)20(26)24-21-12-13-5-4-6-15(9-13)25(27)28/h4-12H,3H2,1-2H3,(H,22,23)(H,24,26)/b21-12-. The number of nitrogens with zero attached hydrogens (tertiary/aromatic N) is 3. The zero-order valence-electron chi connectivity index (χ0n) is 16.3. The third kappa shape index (κ3) is 4.79.